The molecule has 0 atom stereocenters. The van der Waals surface area contributed by atoms with E-state index in [1.54, 1.807) is 29.4 Å². The largest absolute Gasteiger partial charge is 0.418 e. The highest BCUT2D eigenvalue weighted by molar-refractivity contribution is 6.06. The van der Waals surface area contributed by atoms with Crippen LogP contribution in [0.15, 0.2) is 96.1 Å². The van der Waals surface area contributed by atoms with Gasteiger partial charge in [-0.3, -0.25) is 19.3 Å². The van der Waals surface area contributed by atoms with Crippen LogP contribution >= 0.6 is 0 Å². The van der Waals surface area contributed by atoms with Crippen molar-refractivity contribution in [2.75, 3.05) is 31.1 Å². The molecule has 6 aromatic rings. The first-order chi connectivity index (χ1) is 19.9. The third-order valence-electron chi connectivity index (χ3n) is 7.66. The van der Waals surface area contributed by atoms with Gasteiger partial charge in [0.05, 0.1) is 27.8 Å². The minimum absolute atomic E-state index is 0.119. The average molecular weight is 552 g/mol. The highest BCUT2D eigenvalue weighted by Gasteiger charge is 2.36. The van der Waals surface area contributed by atoms with E-state index >= 15 is 0 Å². The van der Waals surface area contributed by atoms with Crippen LogP contribution in [-0.4, -0.2) is 40.7 Å². The second-order valence-corrected chi connectivity index (χ2v) is 10.1. The van der Waals surface area contributed by atoms with Crippen molar-refractivity contribution in [3.63, 3.8) is 0 Å². The second-order valence-electron chi connectivity index (χ2n) is 10.1. The summed E-state index contributed by atoms with van der Waals surface area (Å²) < 4.78 is 44.5. The van der Waals surface area contributed by atoms with Crippen LogP contribution in [0.25, 0.3) is 49.5 Å². The molecule has 0 unspecified atom stereocenters. The van der Waals surface area contributed by atoms with Crippen LogP contribution in [0, 0.1) is 0 Å². The van der Waals surface area contributed by atoms with E-state index in [1.807, 2.05) is 48.5 Å². The molecule has 4 heterocycles. The number of rotatable bonds is 3. The third kappa shape index (κ3) is 4.38. The van der Waals surface area contributed by atoms with E-state index in [9.17, 15) is 18.0 Å². The van der Waals surface area contributed by atoms with Crippen molar-refractivity contribution >= 4 is 38.4 Å². The quantitative estimate of drug-likeness (QED) is 0.266. The number of para-hydroxylation sites is 1. The van der Waals surface area contributed by atoms with Gasteiger partial charge >= 0.3 is 6.18 Å². The highest BCUT2D eigenvalue weighted by atomic mass is 19.4. The lowest BCUT2D eigenvalue weighted by Gasteiger charge is -2.32. The maximum Gasteiger partial charge on any atom is 0.418 e. The van der Waals surface area contributed by atoms with Crippen LogP contribution in [-0.2, 0) is 6.18 Å². The molecule has 0 bridgehead atoms. The Morgan fingerprint density at radius 2 is 1.66 bits per heavy atom. The Labute approximate surface area is 232 Å². The molecule has 3 aromatic carbocycles. The van der Waals surface area contributed by atoms with Crippen LogP contribution in [0.4, 0.5) is 18.9 Å². The van der Waals surface area contributed by atoms with Gasteiger partial charge in [-0.1, -0.05) is 30.3 Å². The molecule has 1 fully saturated rings. The lowest BCUT2D eigenvalue weighted by molar-refractivity contribution is -0.137. The van der Waals surface area contributed by atoms with Gasteiger partial charge in [0.15, 0.2) is 0 Å². The smallest absolute Gasteiger partial charge is 0.368 e. The molecule has 9 heteroatoms. The molecule has 1 N–H and O–H groups in total. The molecule has 1 saturated heterocycles. The number of aromatic nitrogens is 3. The molecule has 0 radical (unpaired) electrons. The van der Waals surface area contributed by atoms with Gasteiger partial charge in [0.25, 0.3) is 5.56 Å². The minimum Gasteiger partial charge on any atom is -0.368 e. The summed E-state index contributed by atoms with van der Waals surface area (Å²) in [6, 6.07) is 22.7. The van der Waals surface area contributed by atoms with Gasteiger partial charge in [0.1, 0.15) is 0 Å². The molecule has 7 rings (SSSR count). The van der Waals surface area contributed by atoms with Gasteiger partial charge in [-0.25, -0.2) is 0 Å². The summed E-state index contributed by atoms with van der Waals surface area (Å²) in [5.41, 5.74) is 2.81. The number of pyridine rings is 3. The lowest BCUT2D eigenvalue weighted by Crippen LogP contribution is -2.44. The molecule has 6 nitrogen and oxygen atoms in total. The average Bonchev–Trinajstić information content (AvgIpc) is 3.00. The molecule has 0 amide bonds. The van der Waals surface area contributed by atoms with Crippen molar-refractivity contribution in [3.8, 4) is 16.8 Å². The normalized spacial score (nSPS) is 14.3. The number of anilines is 1. The van der Waals surface area contributed by atoms with E-state index in [-0.39, 0.29) is 11.4 Å². The Kier molecular flexibility index (Phi) is 5.97. The molecule has 204 valence electrons. The summed E-state index contributed by atoms with van der Waals surface area (Å²) in [6.45, 7) is 2.16. The van der Waals surface area contributed by atoms with Crippen LogP contribution in [0.1, 0.15) is 5.56 Å². The SMILES string of the molecule is O=c1ccc2cnc3ccc(-c4cccc5cccnc45)cc3c2n1-c1ccc(N2CCNCC2)c(C(F)(F)F)c1. The number of fused-ring (bicyclic) bond motifs is 4. The fourth-order valence-corrected chi connectivity index (χ4v) is 5.74. The van der Waals surface area contributed by atoms with Crippen LogP contribution < -0.4 is 15.8 Å². The predicted molar refractivity (Wildman–Crippen MR) is 156 cm³/mol. The Balaban J connectivity index is 1.48. The summed E-state index contributed by atoms with van der Waals surface area (Å²) in [5, 5.41) is 5.46. The monoisotopic (exact) mass is 551 g/mol. The fourth-order valence-electron chi connectivity index (χ4n) is 5.74. The zero-order chi connectivity index (χ0) is 28.1. The summed E-state index contributed by atoms with van der Waals surface area (Å²) in [7, 11) is 0. The van der Waals surface area contributed by atoms with Gasteiger partial charge in [-0.2, -0.15) is 13.2 Å². The number of alkyl halides is 3. The Morgan fingerprint density at radius 3 is 2.49 bits per heavy atom. The molecule has 0 aliphatic carbocycles. The number of nitrogens with zero attached hydrogens (tertiary/aromatic N) is 4. The number of benzene rings is 3. The molecular weight excluding hydrogens is 527 g/mol. The van der Waals surface area contributed by atoms with Crippen molar-refractivity contribution in [1.29, 1.82) is 0 Å². The van der Waals surface area contributed by atoms with Gasteiger partial charge in [0, 0.05) is 72.0 Å². The second kappa shape index (κ2) is 9.71. The van der Waals surface area contributed by atoms with Crippen molar-refractivity contribution in [2.45, 2.75) is 6.18 Å². The topological polar surface area (TPSA) is 63.1 Å². The zero-order valence-electron chi connectivity index (χ0n) is 21.8. The Bertz CT molecular complexity index is 2010. The van der Waals surface area contributed by atoms with Gasteiger partial charge in [0.2, 0.25) is 0 Å². The number of hydrogen-bond donors (Lipinski definition) is 1. The molecule has 0 spiro atoms. The molecule has 0 saturated carbocycles. The molecule has 3 aromatic heterocycles. The Morgan fingerprint density at radius 1 is 0.829 bits per heavy atom. The van der Waals surface area contributed by atoms with Crippen molar-refractivity contribution in [3.05, 3.63) is 107 Å². The first-order valence-corrected chi connectivity index (χ1v) is 13.3. The summed E-state index contributed by atoms with van der Waals surface area (Å²) in [4.78, 5) is 24.3. The molecule has 1 aliphatic rings. The number of hydrogen-bond acceptors (Lipinski definition) is 5. The summed E-state index contributed by atoms with van der Waals surface area (Å²) in [6.07, 6.45) is -1.21. The summed E-state index contributed by atoms with van der Waals surface area (Å²) >= 11 is 0. The van der Waals surface area contributed by atoms with Crippen LogP contribution in [0.3, 0.4) is 0 Å². The fraction of sp³-hybridized carbons (Fsp3) is 0.156. The van der Waals surface area contributed by atoms with E-state index in [1.165, 1.54) is 16.7 Å². The van der Waals surface area contributed by atoms with E-state index < -0.39 is 17.3 Å². The van der Waals surface area contributed by atoms with E-state index in [4.69, 9.17) is 0 Å². The maximum absolute atomic E-state index is 14.4. The molecule has 1 aliphatic heterocycles. The van der Waals surface area contributed by atoms with Gasteiger partial charge in [-0.05, 0) is 48.0 Å². The number of nitrogens with one attached hydrogen (secondary N) is 1. The van der Waals surface area contributed by atoms with Gasteiger partial charge in [-0.15, -0.1) is 0 Å². The standard InChI is InChI=1S/C32H24F3N5O/c33-32(34,35)26-18-23(8-10-28(26)39-15-13-36-14-16-39)40-29(41)11-7-22-19-38-27-9-6-21(17-25(27)31(22)40)24-5-1-3-20-4-2-12-37-30(20)24/h1-12,17-19,36H,13-16H2. The maximum atomic E-state index is 14.4. The van der Waals surface area contributed by atoms with Crippen LogP contribution in [0.2, 0.25) is 0 Å². The number of halogens is 3. The predicted octanol–water partition coefficient (Wildman–Crippen LogP) is 6.18. The lowest BCUT2D eigenvalue weighted by atomic mass is 9.99. The first-order valence-electron chi connectivity index (χ1n) is 13.3. The van der Waals surface area contributed by atoms with E-state index in [2.05, 4.69) is 15.3 Å². The molecule has 41 heavy (non-hydrogen) atoms. The summed E-state index contributed by atoms with van der Waals surface area (Å²) in [5.74, 6) is 0. The van der Waals surface area contributed by atoms with Crippen molar-refractivity contribution < 1.29 is 13.2 Å². The van der Waals surface area contributed by atoms with E-state index in [0.717, 1.165) is 28.1 Å². The molecular formula is C32H24F3N5O. The van der Waals surface area contributed by atoms with Crippen molar-refractivity contribution in [1.82, 2.24) is 19.9 Å². The minimum atomic E-state index is -4.59. The van der Waals surface area contributed by atoms with Crippen LogP contribution in [0.5, 0.6) is 0 Å². The van der Waals surface area contributed by atoms with Gasteiger partial charge < -0.3 is 10.2 Å². The first kappa shape index (κ1) is 25.2. The van der Waals surface area contributed by atoms with Crippen molar-refractivity contribution in [2.24, 2.45) is 0 Å². The van der Waals surface area contributed by atoms with E-state index in [0.29, 0.717) is 48.0 Å². The third-order valence-corrected chi connectivity index (χ3v) is 7.66. The number of piperazine rings is 1. The zero-order valence-corrected chi connectivity index (χ0v) is 21.8. The Hall–Kier alpha value is -4.76. The highest BCUT2D eigenvalue weighted by Crippen LogP contribution is 2.39.